The van der Waals surface area contributed by atoms with Crippen LogP contribution in [0, 0.1) is 0 Å². The van der Waals surface area contributed by atoms with E-state index in [-0.39, 0.29) is 0 Å². The average molecular weight is 267 g/mol. The van der Waals surface area contributed by atoms with E-state index in [1.165, 1.54) is 0 Å². The van der Waals surface area contributed by atoms with Crippen molar-refractivity contribution in [2.45, 2.75) is 0 Å². The molecule has 0 aliphatic heterocycles. The molecule has 3 N–H and O–H groups in total. The zero-order chi connectivity index (χ0) is 14.4. The molecule has 0 aromatic heterocycles. The number of fused-ring (bicyclic) bond motifs is 1. The number of ether oxygens (including phenoxy) is 1. The molecule has 3 nitrogen and oxygen atoms in total. The van der Waals surface area contributed by atoms with E-state index < -0.39 is 0 Å². The Morgan fingerprint density at radius 3 is 2.25 bits per heavy atom. The standard InChI is InChI=1S/C10H8O.C7H9NO/c11-10-7-3-5-8-4-1-2-6-9(8)10;1-9-7-4-2-3-6(8)5-7/h1-7,11H;2-5H,8H2,1H3. The van der Waals surface area contributed by atoms with Crippen LogP contribution in [0.25, 0.3) is 10.8 Å². The Morgan fingerprint density at radius 2 is 1.60 bits per heavy atom. The minimum Gasteiger partial charge on any atom is -0.507 e. The van der Waals surface area contributed by atoms with Crippen molar-refractivity contribution in [3.8, 4) is 11.5 Å². The number of aromatic hydroxyl groups is 1. The summed E-state index contributed by atoms with van der Waals surface area (Å²) in [5.74, 6) is 1.15. The predicted octanol–water partition coefficient (Wildman–Crippen LogP) is 3.82. The normalized spacial score (nSPS) is 9.65. The Kier molecular flexibility index (Phi) is 4.45. The molecule has 0 heterocycles. The molecule has 3 aromatic carbocycles. The molecule has 3 aromatic rings. The van der Waals surface area contributed by atoms with E-state index in [1.807, 2.05) is 54.6 Å². The van der Waals surface area contributed by atoms with Gasteiger partial charge in [0.15, 0.2) is 0 Å². The Balaban J connectivity index is 0.000000151. The minimum atomic E-state index is 0.350. The number of phenolic OH excluding ortho intramolecular Hbond substituents is 1. The van der Waals surface area contributed by atoms with Crippen LogP contribution in [0.5, 0.6) is 11.5 Å². The lowest BCUT2D eigenvalue weighted by atomic mass is 10.1. The average Bonchev–Trinajstić information content (AvgIpc) is 2.48. The number of benzene rings is 3. The Labute approximate surface area is 118 Å². The smallest absolute Gasteiger partial charge is 0.123 e. The zero-order valence-electron chi connectivity index (χ0n) is 11.3. The van der Waals surface area contributed by atoms with Crippen molar-refractivity contribution < 1.29 is 9.84 Å². The maximum Gasteiger partial charge on any atom is 0.123 e. The lowest BCUT2D eigenvalue weighted by Gasteiger charge is -1.97. The van der Waals surface area contributed by atoms with Crippen molar-refractivity contribution >= 4 is 16.5 Å². The number of nitrogen functional groups attached to an aromatic ring is 1. The molecule has 3 rings (SSSR count). The van der Waals surface area contributed by atoms with Crippen molar-refractivity contribution in [1.82, 2.24) is 0 Å². The molecule has 0 saturated carbocycles. The molecule has 0 aliphatic carbocycles. The summed E-state index contributed by atoms with van der Waals surface area (Å²) in [4.78, 5) is 0. The van der Waals surface area contributed by atoms with Crippen molar-refractivity contribution in [1.29, 1.82) is 0 Å². The van der Waals surface area contributed by atoms with Crippen LogP contribution < -0.4 is 10.5 Å². The molecule has 0 aliphatic rings. The van der Waals surface area contributed by atoms with E-state index in [4.69, 9.17) is 10.5 Å². The van der Waals surface area contributed by atoms with Crippen LogP contribution in [-0.2, 0) is 0 Å². The van der Waals surface area contributed by atoms with Gasteiger partial charge in [-0.25, -0.2) is 0 Å². The van der Waals surface area contributed by atoms with Crippen LogP contribution in [-0.4, -0.2) is 12.2 Å². The third kappa shape index (κ3) is 3.42. The molecule has 0 unspecified atom stereocenters. The predicted molar refractivity (Wildman–Crippen MR) is 83.0 cm³/mol. The van der Waals surface area contributed by atoms with Gasteiger partial charge < -0.3 is 15.6 Å². The highest BCUT2D eigenvalue weighted by Crippen LogP contribution is 2.22. The molecule has 0 amide bonds. The molecular weight excluding hydrogens is 250 g/mol. The number of anilines is 1. The van der Waals surface area contributed by atoms with Gasteiger partial charge in [0.05, 0.1) is 7.11 Å². The molecule has 20 heavy (non-hydrogen) atoms. The fraction of sp³-hybridized carbons (Fsp3) is 0.0588. The third-order valence-corrected chi connectivity index (χ3v) is 2.86. The third-order valence-electron chi connectivity index (χ3n) is 2.86. The highest BCUT2D eigenvalue weighted by Gasteiger charge is 1.94. The summed E-state index contributed by atoms with van der Waals surface area (Å²) < 4.78 is 4.92. The van der Waals surface area contributed by atoms with Crippen molar-refractivity contribution in [3.05, 3.63) is 66.7 Å². The summed E-state index contributed by atoms with van der Waals surface area (Å²) >= 11 is 0. The second-order valence-corrected chi connectivity index (χ2v) is 4.27. The quantitative estimate of drug-likeness (QED) is 0.659. The van der Waals surface area contributed by atoms with Gasteiger partial charge in [-0.05, 0) is 23.6 Å². The zero-order valence-corrected chi connectivity index (χ0v) is 11.3. The van der Waals surface area contributed by atoms with Gasteiger partial charge >= 0.3 is 0 Å². The maximum atomic E-state index is 9.37. The van der Waals surface area contributed by atoms with E-state index in [2.05, 4.69) is 0 Å². The first-order valence-corrected chi connectivity index (χ1v) is 6.27. The maximum absolute atomic E-state index is 9.37. The van der Waals surface area contributed by atoms with Gasteiger partial charge in [-0.2, -0.15) is 0 Å². The van der Waals surface area contributed by atoms with Crippen LogP contribution in [0.4, 0.5) is 5.69 Å². The monoisotopic (exact) mass is 267 g/mol. The summed E-state index contributed by atoms with van der Waals surface area (Å²) in [6.07, 6.45) is 0. The number of nitrogens with two attached hydrogens (primary N) is 1. The van der Waals surface area contributed by atoms with Gasteiger partial charge in [-0.1, -0.05) is 42.5 Å². The van der Waals surface area contributed by atoms with Crippen LogP contribution in [0.15, 0.2) is 66.7 Å². The molecule has 0 bridgehead atoms. The summed E-state index contributed by atoms with van der Waals surface area (Å²) in [6, 6.07) is 20.6. The lowest BCUT2D eigenvalue weighted by molar-refractivity contribution is 0.415. The Morgan fingerprint density at radius 1 is 0.900 bits per heavy atom. The Bertz CT molecular complexity index is 690. The van der Waals surface area contributed by atoms with Gasteiger partial charge in [0.1, 0.15) is 11.5 Å². The second-order valence-electron chi connectivity index (χ2n) is 4.27. The highest BCUT2D eigenvalue weighted by atomic mass is 16.5. The van der Waals surface area contributed by atoms with Crippen LogP contribution in [0.2, 0.25) is 0 Å². The van der Waals surface area contributed by atoms with E-state index >= 15 is 0 Å². The SMILES string of the molecule is COc1cccc(N)c1.Oc1cccc2ccccc12. The molecule has 0 atom stereocenters. The van der Waals surface area contributed by atoms with E-state index in [0.717, 1.165) is 22.2 Å². The van der Waals surface area contributed by atoms with Gasteiger partial charge in [0, 0.05) is 17.1 Å². The van der Waals surface area contributed by atoms with Crippen LogP contribution in [0.1, 0.15) is 0 Å². The topological polar surface area (TPSA) is 55.5 Å². The first kappa shape index (κ1) is 13.7. The Hall–Kier alpha value is -2.68. The molecule has 3 heteroatoms. The fourth-order valence-corrected chi connectivity index (χ4v) is 1.85. The second kappa shape index (κ2) is 6.48. The van der Waals surface area contributed by atoms with Crippen molar-refractivity contribution in [3.63, 3.8) is 0 Å². The molecular formula is C17H17NO2. The van der Waals surface area contributed by atoms with Gasteiger partial charge in [-0.15, -0.1) is 0 Å². The minimum absolute atomic E-state index is 0.350. The van der Waals surface area contributed by atoms with Gasteiger partial charge in [-0.3, -0.25) is 0 Å². The highest BCUT2D eigenvalue weighted by molar-refractivity contribution is 5.87. The molecule has 0 fully saturated rings. The largest absolute Gasteiger partial charge is 0.507 e. The lowest BCUT2D eigenvalue weighted by Crippen LogP contribution is -1.86. The number of hydrogen-bond acceptors (Lipinski definition) is 3. The summed E-state index contributed by atoms with van der Waals surface area (Å²) in [5, 5.41) is 11.4. The van der Waals surface area contributed by atoms with Gasteiger partial charge in [0.25, 0.3) is 0 Å². The van der Waals surface area contributed by atoms with Crippen LogP contribution in [0.3, 0.4) is 0 Å². The van der Waals surface area contributed by atoms with Crippen molar-refractivity contribution in [2.24, 2.45) is 0 Å². The van der Waals surface area contributed by atoms with E-state index in [0.29, 0.717) is 5.75 Å². The van der Waals surface area contributed by atoms with Crippen molar-refractivity contribution in [2.75, 3.05) is 12.8 Å². The first-order valence-electron chi connectivity index (χ1n) is 6.27. The van der Waals surface area contributed by atoms with E-state index in [1.54, 1.807) is 19.2 Å². The van der Waals surface area contributed by atoms with E-state index in [9.17, 15) is 5.11 Å². The molecule has 0 spiro atoms. The summed E-state index contributed by atoms with van der Waals surface area (Å²) in [7, 11) is 1.62. The molecule has 0 radical (unpaired) electrons. The number of rotatable bonds is 1. The first-order chi connectivity index (χ1) is 9.70. The summed E-state index contributed by atoms with van der Waals surface area (Å²) in [5.41, 5.74) is 6.19. The van der Waals surface area contributed by atoms with Crippen LogP contribution >= 0.6 is 0 Å². The molecule has 0 saturated heterocycles. The molecule has 102 valence electrons. The number of methoxy groups -OCH3 is 1. The summed E-state index contributed by atoms with van der Waals surface area (Å²) in [6.45, 7) is 0. The fourth-order valence-electron chi connectivity index (χ4n) is 1.85. The number of phenols is 1. The van der Waals surface area contributed by atoms with Gasteiger partial charge in [0.2, 0.25) is 0 Å². The number of hydrogen-bond donors (Lipinski definition) is 2.